The number of nitrogens with one attached hydrogen (secondary N) is 1. The lowest BCUT2D eigenvalue weighted by molar-refractivity contribution is -0.130. The third-order valence-electron chi connectivity index (χ3n) is 3.87. The zero-order valence-electron chi connectivity index (χ0n) is 14.7. The van der Waals surface area contributed by atoms with Gasteiger partial charge in [-0.15, -0.1) is 0 Å². The van der Waals surface area contributed by atoms with Crippen LogP contribution in [0.5, 0.6) is 5.75 Å². The van der Waals surface area contributed by atoms with Crippen molar-refractivity contribution in [3.05, 3.63) is 65.7 Å². The molecule has 5 heteroatoms. The maximum atomic E-state index is 12.2. The molecule has 25 heavy (non-hydrogen) atoms. The number of nitrogens with zero attached hydrogens (tertiary/aromatic N) is 1. The summed E-state index contributed by atoms with van der Waals surface area (Å²) in [6, 6.07) is 17.2. The average molecular weight is 340 g/mol. The van der Waals surface area contributed by atoms with Gasteiger partial charge in [0.15, 0.2) is 0 Å². The average Bonchev–Trinajstić information content (AvgIpc) is 2.63. The Bertz CT molecular complexity index is 684. The molecule has 2 aromatic rings. The number of hydrogen-bond donors (Lipinski definition) is 1. The molecule has 2 rings (SSSR count). The van der Waals surface area contributed by atoms with Crippen molar-refractivity contribution in [2.75, 3.05) is 20.7 Å². The van der Waals surface area contributed by atoms with Crippen molar-refractivity contribution in [2.24, 2.45) is 0 Å². The van der Waals surface area contributed by atoms with Crippen molar-refractivity contribution in [2.45, 2.75) is 19.4 Å². The summed E-state index contributed by atoms with van der Waals surface area (Å²) < 4.78 is 5.12. The quantitative estimate of drug-likeness (QED) is 0.803. The second kappa shape index (κ2) is 9.47. The van der Waals surface area contributed by atoms with Crippen LogP contribution in [0, 0.1) is 0 Å². The summed E-state index contributed by atoms with van der Waals surface area (Å²) >= 11 is 0. The van der Waals surface area contributed by atoms with Crippen molar-refractivity contribution in [3.63, 3.8) is 0 Å². The number of amides is 2. The zero-order chi connectivity index (χ0) is 18.1. The standard InChI is InChI=1S/C20H24N2O3/c1-22(15-17-8-10-18(25-2)11-9-17)20(24)12-13-21-19(23)14-16-6-4-3-5-7-16/h3-11H,12-15H2,1-2H3,(H,21,23). The summed E-state index contributed by atoms with van der Waals surface area (Å²) in [6.07, 6.45) is 0.615. The second-order valence-corrected chi connectivity index (χ2v) is 5.86. The van der Waals surface area contributed by atoms with E-state index in [9.17, 15) is 9.59 Å². The number of rotatable bonds is 8. The van der Waals surface area contributed by atoms with Crippen molar-refractivity contribution in [3.8, 4) is 5.75 Å². The van der Waals surface area contributed by atoms with Crippen molar-refractivity contribution in [1.82, 2.24) is 10.2 Å². The minimum atomic E-state index is -0.0724. The van der Waals surface area contributed by atoms with E-state index in [1.54, 1.807) is 19.1 Å². The van der Waals surface area contributed by atoms with Crippen LogP contribution < -0.4 is 10.1 Å². The van der Waals surface area contributed by atoms with E-state index in [-0.39, 0.29) is 18.2 Å². The van der Waals surface area contributed by atoms with Crippen LogP contribution in [0.3, 0.4) is 0 Å². The number of carbonyl (C=O) groups is 2. The summed E-state index contributed by atoms with van der Waals surface area (Å²) in [5.74, 6) is 0.714. The van der Waals surface area contributed by atoms with Crippen LogP contribution in [0.1, 0.15) is 17.5 Å². The van der Waals surface area contributed by atoms with Crippen LogP contribution in [-0.4, -0.2) is 37.4 Å². The predicted molar refractivity (Wildman–Crippen MR) is 97.2 cm³/mol. The fourth-order valence-corrected chi connectivity index (χ4v) is 2.44. The number of methoxy groups -OCH3 is 1. The number of hydrogen-bond acceptors (Lipinski definition) is 3. The Morgan fingerprint density at radius 2 is 1.68 bits per heavy atom. The van der Waals surface area contributed by atoms with Gasteiger partial charge in [-0.1, -0.05) is 42.5 Å². The molecule has 0 spiro atoms. The first-order valence-corrected chi connectivity index (χ1v) is 8.26. The molecule has 1 N–H and O–H groups in total. The molecule has 0 atom stereocenters. The first kappa shape index (κ1) is 18.5. The molecular formula is C20H24N2O3. The van der Waals surface area contributed by atoms with Crippen LogP contribution in [0.2, 0.25) is 0 Å². The SMILES string of the molecule is COc1ccc(CN(C)C(=O)CCNC(=O)Cc2ccccc2)cc1. The molecule has 0 saturated carbocycles. The molecule has 0 aromatic heterocycles. The number of ether oxygens (including phenoxy) is 1. The number of carbonyl (C=O) groups excluding carboxylic acids is 2. The summed E-state index contributed by atoms with van der Waals surface area (Å²) in [5, 5.41) is 2.79. The highest BCUT2D eigenvalue weighted by Gasteiger charge is 2.10. The lowest BCUT2D eigenvalue weighted by Gasteiger charge is -2.17. The van der Waals surface area contributed by atoms with E-state index >= 15 is 0 Å². The van der Waals surface area contributed by atoms with Crippen LogP contribution in [-0.2, 0) is 22.6 Å². The van der Waals surface area contributed by atoms with E-state index < -0.39 is 0 Å². The van der Waals surface area contributed by atoms with E-state index in [2.05, 4.69) is 5.32 Å². The molecule has 0 heterocycles. The van der Waals surface area contributed by atoms with Gasteiger partial charge in [-0.2, -0.15) is 0 Å². The Morgan fingerprint density at radius 3 is 2.32 bits per heavy atom. The highest BCUT2D eigenvalue weighted by Crippen LogP contribution is 2.12. The molecule has 132 valence electrons. The van der Waals surface area contributed by atoms with Gasteiger partial charge in [0.1, 0.15) is 5.75 Å². The van der Waals surface area contributed by atoms with Crippen molar-refractivity contribution < 1.29 is 14.3 Å². The van der Waals surface area contributed by atoms with Gasteiger partial charge in [0.2, 0.25) is 11.8 Å². The van der Waals surface area contributed by atoms with Gasteiger partial charge in [-0.25, -0.2) is 0 Å². The third-order valence-corrected chi connectivity index (χ3v) is 3.87. The summed E-state index contributed by atoms with van der Waals surface area (Å²) in [4.78, 5) is 25.7. The van der Waals surface area contributed by atoms with Crippen LogP contribution in [0.4, 0.5) is 0 Å². The first-order valence-electron chi connectivity index (χ1n) is 8.26. The molecule has 0 aliphatic rings. The minimum absolute atomic E-state index is 0.00386. The Hall–Kier alpha value is -2.82. The predicted octanol–water partition coefficient (Wildman–Crippen LogP) is 2.40. The molecule has 0 aliphatic carbocycles. The molecule has 5 nitrogen and oxygen atoms in total. The van der Waals surface area contributed by atoms with Crippen LogP contribution in [0.15, 0.2) is 54.6 Å². The van der Waals surface area contributed by atoms with E-state index in [4.69, 9.17) is 4.74 Å². The molecule has 0 fully saturated rings. The van der Waals surface area contributed by atoms with E-state index in [0.717, 1.165) is 16.9 Å². The number of benzene rings is 2. The molecule has 0 unspecified atom stereocenters. The van der Waals surface area contributed by atoms with Gasteiger partial charge in [0.05, 0.1) is 13.5 Å². The molecule has 0 aliphatic heterocycles. The first-order chi connectivity index (χ1) is 12.1. The third kappa shape index (κ3) is 6.30. The van der Waals surface area contributed by atoms with Gasteiger partial charge in [-0.05, 0) is 23.3 Å². The molecular weight excluding hydrogens is 316 g/mol. The largest absolute Gasteiger partial charge is 0.497 e. The van der Waals surface area contributed by atoms with Crippen LogP contribution >= 0.6 is 0 Å². The van der Waals surface area contributed by atoms with Gasteiger partial charge < -0.3 is 15.0 Å². The zero-order valence-corrected chi connectivity index (χ0v) is 14.7. The monoisotopic (exact) mass is 340 g/mol. The topological polar surface area (TPSA) is 58.6 Å². The molecule has 2 aromatic carbocycles. The lowest BCUT2D eigenvalue weighted by Crippen LogP contribution is -2.32. The molecule has 2 amide bonds. The Kier molecular flexibility index (Phi) is 7.01. The van der Waals surface area contributed by atoms with Gasteiger partial charge in [-0.3, -0.25) is 9.59 Å². The van der Waals surface area contributed by atoms with E-state index in [1.807, 2.05) is 54.6 Å². The normalized spacial score (nSPS) is 10.2. The van der Waals surface area contributed by atoms with Crippen molar-refractivity contribution in [1.29, 1.82) is 0 Å². The van der Waals surface area contributed by atoms with Gasteiger partial charge in [0.25, 0.3) is 0 Å². The summed E-state index contributed by atoms with van der Waals surface area (Å²) in [7, 11) is 3.38. The molecule has 0 saturated heterocycles. The maximum Gasteiger partial charge on any atom is 0.224 e. The highest BCUT2D eigenvalue weighted by atomic mass is 16.5. The van der Waals surface area contributed by atoms with Gasteiger partial charge >= 0.3 is 0 Å². The van der Waals surface area contributed by atoms with Gasteiger partial charge in [0, 0.05) is 26.6 Å². The summed E-state index contributed by atoms with van der Waals surface area (Å²) in [5.41, 5.74) is 1.99. The maximum absolute atomic E-state index is 12.2. The molecule has 0 radical (unpaired) electrons. The fraction of sp³-hybridized carbons (Fsp3) is 0.300. The van der Waals surface area contributed by atoms with Crippen LogP contribution in [0.25, 0.3) is 0 Å². The highest BCUT2D eigenvalue weighted by molar-refractivity contribution is 5.80. The Balaban J connectivity index is 1.70. The summed E-state index contributed by atoms with van der Waals surface area (Å²) in [6.45, 7) is 0.873. The Labute approximate surface area is 148 Å². The molecule has 0 bridgehead atoms. The Morgan fingerprint density at radius 1 is 1.00 bits per heavy atom. The van der Waals surface area contributed by atoms with E-state index in [0.29, 0.717) is 19.5 Å². The second-order valence-electron chi connectivity index (χ2n) is 5.86. The van der Waals surface area contributed by atoms with E-state index in [1.165, 1.54) is 0 Å². The fourth-order valence-electron chi connectivity index (χ4n) is 2.44. The minimum Gasteiger partial charge on any atom is -0.497 e. The lowest BCUT2D eigenvalue weighted by atomic mass is 10.1. The smallest absolute Gasteiger partial charge is 0.224 e. The van der Waals surface area contributed by atoms with Crippen molar-refractivity contribution >= 4 is 11.8 Å².